The summed E-state index contributed by atoms with van der Waals surface area (Å²) in [6, 6.07) is 0. The first-order chi connectivity index (χ1) is 9.49. The minimum absolute atomic E-state index is 0.161. The molecule has 20 heavy (non-hydrogen) atoms. The lowest BCUT2D eigenvalue weighted by Crippen LogP contribution is -2.36. The molecular weight excluding hydrogens is 403 g/mol. The largest absolute Gasteiger partial charge is 0.387 e. The van der Waals surface area contributed by atoms with Gasteiger partial charge in [-0.05, 0) is 11.1 Å². The number of nitrogens with one attached hydrogen (secondary N) is 1. The molecule has 1 aliphatic heterocycles. The fraction of sp³-hybridized carbons (Fsp3) is 0.455. The molecule has 2 N–H and O–H groups in total. The van der Waals surface area contributed by atoms with Crippen LogP contribution in [0.25, 0.3) is 6.08 Å². The van der Waals surface area contributed by atoms with E-state index in [9.17, 15) is 19.1 Å². The average Bonchev–Trinajstić information content (AvgIpc) is 2.70. The molecule has 0 aromatic carbocycles. The van der Waals surface area contributed by atoms with Crippen molar-refractivity contribution >= 4 is 37.9 Å². The summed E-state index contributed by atoms with van der Waals surface area (Å²) in [6.07, 6.45) is -2.53. The number of aliphatic hydroxyl groups excluding tert-OH is 1. The second-order valence-electron chi connectivity index (χ2n) is 4.20. The number of halogens is 3. The van der Waals surface area contributed by atoms with Crippen molar-refractivity contribution in [2.24, 2.45) is 0 Å². The molecule has 1 fully saturated rings. The number of aromatic amines is 1. The zero-order chi connectivity index (χ0) is 14.9. The smallest absolute Gasteiger partial charge is 0.330 e. The lowest BCUT2D eigenvalue weighted by Gasteiger charge is -2.16. The molecule has 0 amide bonds. The predicted octanol–water partition coefficient (Wildman–Crippen LogP) is 0.893. The van der Waals surface area contributed by atoms with Crippen LogP contribution in [0.3, 0.4) is 0 Å². The summed E-state index contributed by atoms with van der Waals surface area (Å²) in [4.78, 5) is 26.8. The van der Waals surface area contributed by atoms with E-state index in [0.717, 1.165) is 4.57 Å². The van der Waals surface area contributed by atoms with Crippen molar-refractivity contribution in [2.75, 3.05) is 5.33 Å². The van der Waals surface area contributed by atoms with E-state index in [1.165, 1.54) is 17.3 Å². The Morgan fingerprint density at radius 3 is 2.80 bits per heavy atom. The normalized spacial score (nSPS) is 30.2. The van der Waals surface area contributed by atoms with Crippen LogP contribution in [0.2, 0.25) is 0 Å². The van der Waals surface area contributed by atoms with Gasteiger partial charge in [-0.15, -0.1) is 0 Å². The fourth-order valence-corrected chi connectivity index (χ4v) is 2.75. The first-order valence-electron chi connectivity index (χ1n) is 5.65. The van der Waals surface area contributed by atoms with E-state index >= 15 is 0 Å². The van der Waals surface area contributed by atoms with Crippen molar-refractivity contribution in [3.05, 3.63) is 37.6 Å². The van der Waals surface area contributed by atoms with E-state index in [2.05, 4.69) is 36.8 Å². The summed E-state index contributed by atoms with van der Waals surface area (Å²) in [5, 5.41) is 9.90. The van der Waals surface area contributed by atoms with Gasteiger partial charge in [0.1, 0.15) is 6.10 Å². The Morgan fingerprint density at radius 2 is 2.25 bits per heavy atom. The van der Waals surface area contributed by atoms with Gasteiger partial charge in [0, 0.05) is 11.5 Å². The van der Waals surface area contributed by atoms with Crippen LogP contribution in [0.5, 0.6) is 0 Å². The number of aliphatic hydroxyl groups is 1. The molecule has 2 heterocycles. The van der Waals surface area contributed by atoms with Crippen LogP contribution in [-0.2, 0) is 4.74 Å². The van der Waals surface area contributed by atoms with Crippen LogP contribution in [0.4, 0.5) is 4.39 Å². The molecule has 0 unspecified atom stereocenters. The number of rotatable bonds is 3. The van der Waals surface area contributed by atoms with Gasteiger partial charge in [0.25, 0.3) is 5.56 Å². The third-order valence-electron chi connectivity index (χ3n) is 2.96. The molecule has 0 spiro atoms. The summed E-state index contributed by atoms with van der Waals surface area (Å²) >= 11 is 6.12. The fourth-order valence-electron chi connectivity index (χ4n) is 1.93. The van der Waals surface area contributed by atoms with E-state index < -0.39 is 35.9 Å². The molecule has 0 saturated carbocycles. The molecule has 0 aliphatic carbocycles. The molecule has 110 valence electrons. The van der Waals surface area contributed by atoms with Gasteiger partial charge in [0.05, 0.1) is 11.7 Å². The molecule has 4 atom stereocenters. The molecule has 0 radical (unpaired) electrons. The second kappa shape index (κ2) is 6.33. The molecule has 1 aliphatic rings. The second-order valence-corrected chi connectivity index (χ2v) is 5.37. The number of hydrogen-bond acceptors (Lipinski definition) is 4. The summed E-state index contributed by atoms with van der Waals surface area (Å²) < 4.78 is 20.3. The lowest BCUT2D eigenvalue weighted by molar-refractivity contribution is -0.0160. The highest BCUT2D eigenvalue weighted by Gasteiger charge is 2.45. The zero-order valence-electron chi connectivity index (χ0n) is 10.0. The zero-order valence-corrected chi connectivity index (χ0v) is 13.2. The molecule has 2 rings (SSSR count). The van der Waals surface area contributed by atoms with Gasteiger partial charge in [-0.1, -0.05) is 31.9 Å². The molecule has 1 aromatic rings. The first-order valence-corrected chi connectivity index (χ1v) is 7.69. The summed E-state index contributed by atoms with van der Waals surface area (Å²) in [6.45, 7) is 0. The summed E-state index contributed by atoms with van der Waals surface area (Å²) in [5.41, 5.74) is -1.22. The SMILES string of the molecule is O=c1[nH]c(=O)n([C@@H]2O[C@H](CBr)[C@@H](O)[C@H]2F)cc1C=CBr. The lowest BCUT2D eigenvalue weighted by atomic mass is 10.2. The highest BCUT2D eigenvalue weighted by Crippen LogP contribution is 2.31. The van der Waals surface area contributed by atoms with E-state index in [1.54, 1.807) is 0 Å². The van der Waals surface area contributed by atoms with Gasteiger partial charge in [-0.25, -0.2) is 9.18 Å². The molecular formula is C11H11Br2FN2O4. The number of alkyl halides is 2. The van der Waals surface area contributed by atoms with Crippen LogP contribution >= 0.6 is 31.9 Å². The Morgan fingerprint density at radius 1 is 1.55 bits per heavy atom. The highest BCUT2D eigenvalue weighted by molar-refractivity contribution is 9.11. The molecule has 0 bridgehead atoms. The molecule has 9 heteroatoms. The van der Waals surface area contributed by atoms with Crippen LogP contribution in [0.1, 0.15) is 11.8 Å². The van der Waals surface area contributed by atoms with Crippen LogP contribution in [-0.4, -0.2) is 38.4 Å². The maximum absolute atomic E-state index is 14.0. The van der Waals surface area contributed by atoms with Crippen molar-refractivity contribution in [1.29, 1.82) is 0 Å². The Balaban J connectivity index is 2.46. The molecule has 6 nitrogen and oxygen atoms in total. The Kier molecular flexibility index (Phi) is 4.95. The minimum Gasteiger partial charge on any atom is -0.387 e. The predicted molar refractivity (Wildman–Crippen MR) is 77.9 cm³/mol. The van der Waals surface area contributed by atoms with Crippen molar-refractivity contribution < 1.29 is 14.2 Å². The Labute approximate surface area is 129 Å². The summed E-state index contributed by atoms with van der Waals surface area (Å²) in [7, 11) is 0. The molecule has 1 aromatic heterocycles. The van der Waals surface area contributed by atoms with E-state index in [4.69, 9.17) is 4.74 Å². The van der Waals surface area contributed by atoms with Gasteiger partial charge >= 0.3 is 5.69 Å². The maximum atomic E-state index is 14.0. The number of nitrogens with zero attached hydrogens (tertiary/aromatic N) is 1. The van der Waals surface area contributed by atoms with Gasteiger partial charge in [-0.2, -0.15) is 0 Å². The van der Waals surface area contributed by atoms with Gasteiger partial charge < -0.3 is 9.84 Å². The monoisotopic (exact) mass is 412 g/mol. The number of aromatic nitrogens is 2. The van der Waals surface area contributed by atoms with Gasteiger partial charge in [0.15, 0.2) is 12.4 Å². The van der Waals surface area contributed by atoms with Crippen molar-refractivity contribution in [2.45, 2.75) is 24.6 Å². The minimum atomic E-state index is -1.76. The number of ether oxygens (including phenoxy) is 1. The standard InChI is InChI=1S/C11H11Br2FN2O4/c12-2-1-5-4-16(11(19)15-9(5)18)10-7(14)8(17)6(3-13)20-10/h1-2,4,6-8,10,17H,3H2,(H,15,18,19)/t6-,7-,8-,10-/m1/s1. The van der Waals surface area contributed by atoms with E-state index in [1.807, 2.05) is 0 Å². The van der Waals surface area contributed by atoms with Gasteiger partial charge in [-0.3, -0.25) is 14.3 Å². The maximum Gasteiger partial charge on any atom is 0.330 e. The van der Waals surface area contributed by atoms with Crippen LogP contribution in [0.15, 0.2) is 20.8 Å². The average molecular weight is 414 g/mol. The molecule has 1 saturated heterocycles. The topological polar surface area (TPSA) is 84.3 Å². The highest BCUT2D eigenvalue weighted by atomic mass is 79.9. The quantitative estimate of drug-likeness (QED) is 0.721. The third kappa shape index (κ3) is 2.80. The number of H-pyrrole nitrogens is 1. The van der Waals surface area contributed by atoms with Gasteiger partial charge in [0.2, 0.25) is 0 Å². The van der Waals surface area contributed by atoms with E-state index in [-0.39, 0.29) is 10.9 Å². The van der Waals surface area contributed by atoms with Crippen LogP contribution in [0, 0.1) is 0 Å². The van der Waals surface area contributed by atoms with Crippen LogP contribution < -0.4 is 11.2 Å². The third-order valence-corrected chi connectivity index (χ3v) is 3.86. The van der Waals surface area contributed by atoms with Crippen molar-refractivity contribution in [3.8, 4) is 0 Å². The summed E-state index contributed by atoms with van der Waals surface area (Å²) in [5.74, 6) is 0. The number of hydrogen-bond donors (Lipinski definition) is 2. The Bertz CT molecular complexity index is 630. The van der Waals surface area contributed by atoms with Crippen molar-refractivity contribution in [1.82, 2.24) is 9.55 Å². The Hall–Kier alpha value is -0.770. The van der Waals surface area contributed by atoms with Crippen molar-refractivity contribution in [3.63, 3.8) is 0 Å². The first kappa shape index (κ1) is 15.6. The van der Waals surface area contributed by atoms with E-state index in [0.29, 0.717) is 0 Å².